The molecule has 1 rings (SSSR count). The Morgan fingerprint density at radius 2 is 2.35 bits per heavy atom. The average molecular weight is 274 g/mol. The predicted octanol–water partition coefficient (Wildman–Crippen LogP) is 2.37. The molecule has 1 aromatic rings. The van der Waals surface area contributed by atoms with Crippen molar-refractivity contribution in [3.8, 4) is 0 Å². The zero-order valence-electron chi connectivity index (χ0n) is 9.92. The number of anilines is 1. The van der Waals surface area contributed by atoms with E-state index in [1.54, 1.807) is 13.3 Å². The van der Waals surface area contributed by atoms with E-state index < -0.39 is 0 Å². The van der Waals surface area contributed by atoms with E-state index in [0.717, 1.165) is 24.3 Å². The minimum atomic E-state index is 0.555. The minimum Gasteiger partial charge on any atom is -0.385 e. The summed E-state index contributed by atoms with van der Waals surface area (Å²) in [6, 6.07) is 1.84. The van der Waals surface area contributed by atoms with Crippen molar-refractivity contribution in [3.63, 3.8) is 0 Å². The summed E-state index contributed by atoms with van der Waals surface area (Å²) >= 11 is 11.0. The fourth-order valence-electron chi connectivity index (χ4n) is 1.24. The van der Waals surface area contributed by atoms with Crippen molar-refractivity contribution in [2.75, 3.05) is 25.6 Å². The molecule has 0 fully saturated rings. The second-order valence-corrected chi connectivity index (χ2v) is 4.39. The molecule has 0 radical (unpaired) electrons. The van der Waals surface area contributed by atoms with E-state index in [2.05, 4.69) is 15.6 Å². The molecule has 0 aliphatic heterocycles. The number of hydrogen-bond acceptors (Lipinski definition) is 3. The summed E-state index contributed by atoms with van der Waals surface area (Å²) in [6.45, 7) is 3.41. The standard InChI is InChI=1S/C11H16ClN3OS/c1-8-6-9(12)7-14-10(8)15-11(17)13-4-3-5-16-2/h6-7H,3-5H2,1-2H3,(H2,13,14,15,17). The zero-order chi connectivity index (χ0) is 12.7. The molecule has 0 saturated heterocycles. The minimum absolute atomic E-state index is 0.555. The molecule has 0 aromatic carbocycles. The maximum Gasteiger partial charge on any atom is 0.171 e. The molecule has 0 atom stereocenters. The fourth-order valence-corrected chi connectivity index (χ4v) is 1.65. The first-order chi connectivity index (χ1) is 8.13. The van der Waals surface area contributed by atoms with Crippen LogP contribution in [0.1, 0.15) is 12.0 Å². The van der Waals surface area contributed by atoms with Gasteiger partial charge >= 0.3 is 0 Å². The lowest BCUT2D eigenvalue weighted by atomic mass is 10.3. The second-order valence-electron chi connectivity index (χ2n) is 3.55. The van der Waals surface area contributed by atoms with Crippen LogP contribution in [0.5, 0.6) is 0 Å². The highest BCUT2D eigenvalue weighted by Crippen LogP contribution is 2.15. The van der Waals surface area contributed by atoms with E-state index in [9.17, 15) is 0 Å². The van der Waals surface area contributed by atoms with Gasteiger partial charge in [0.2, 0.25) is 0 Å². The number of rotatable bonds is 5. The summed E-state index contributed by atoms with van der Waals surface area (Å²) in [6.07, 6.45) is 2.50. The third-order valence-electron chi connectivity index (χ3n) is 2.09. The molecule has 0 spiro atoms. The SMILES string of the molecule is COCCCNC(=S)Nc1ncc(Cl)cc1C. The van der Waals surface area contributed by atoms with Gasteiger partial charge in [0, 0.05) is 26.5 Å². The third-order valence-corrected chi connectivity index (χ3v) is 2.54. The van der Waals surface area contributed by atoms with Gasteiger partial charge in [-0.1, -0.05) is 11.6 Å². The lowest BCUT2D eigenvalue weighted by Gasteiger charge is -2.11. The molecule has 0 aliphatic rings. The third kappa shape index (κ3) is 5.30. The molecule has 0 saturated carbocycles. The molecule has 0 aliphatic carbocycles. The summed E-state index contributed by atoms with van der Waals surface area (Å²) in [5.74, 6) is 0.721. The number of pyridine rings is 1. The number of aryl methyl sites for hydroxylation is 1. The summed E-state index contributed by atoms with van der Waals surface area (Å²) in [4.78, 5) is 4.17. The van der Waals surface area contributed by atoms with Crippen LogP contribution >= 0.6 is 23.8 Å². The highest BCUT2D eigenvalue weighted by atomic mass is 35.5. The van der Waals surface area contributed by atoms with Crippen molar-refractivity contribution in [3.05, 3.63) is 22.8 Å². The van der Waals surface area contributed by atoms with Crippen LogP contribution in [-0.4, -0.2) is 30.4 Å². The Balaban J connectivity index is 2.40. The van der Waals surface area contributed by atoms with Crippen LogP contribution in [0.2, 0.25) is 5.02 Å². The molecule has 0 bridgehead atoms. The van der Waals surface area contributed by atoms with E-state index in [0.29, 0.717) is 16.7 Å². The Labute approximate surface area is 112 Å². The summed E-state index contributed by atoms with van der Waals surface area (Å²) in [5, 5.41) is 7.27. The number of halogens is 1. The fraction of sp³-hybridized carbons (Fsp3) is 0.455. The van der Waals surface area contributed by atoms with Gasteiger partial charge in [0.15, 0.2) is 5.11 Å². The Morgan fingerprint density at radius 1 is 1.59 bits per heavy atom. The maximum atomic E-state index is 5.82. The molecular formula is C11H16ClN3OS. The lowest BCUT2D eigenvalue weighted by molar-refractivity contribution is 0.196. The Kier molecular flexibility index (Phi) is 6.18. The molecule has 4 nitrogen and oxygen atoms in total. The molecule has 1 aromatic heterocycles. The number of ether oxygens (including phenoxy) is 1. The zero-order valence-corrected chi connectivity index (χ0v) is 11.5. The largest absolute Gasteiger partial charge is 0.385 e. The molecule has 17 heavy (non-hydrogen) atoms. The van der Waals surface area contributed by atoms with E-state index in [-0.39, 0.29) is 0 Å². The van der Waals surface area contributed by atoms with Gasteiger partial charge in [-0.3, -0.25) is 0 Å². The van der Waals surface area contributed by atoms with E-state index in [4.69, 9.17) is 28.6 Å². The van der Waals surface area contributed by atoms with Gasteiger partial charge in [-0.2, -0.15) is 0 Å². The maximum absolute atomic E-state index is 5.82. The summed E-state index contributed by atoms with van der Waals surface area (Å²) < 4.78 is 4.94. The van der Waals surface area contributed by atoms with Crippen molar-refractivity contribution in [2.24, 2.45) is 0 Å². The first kappa shape index (κ1) is 14.2. The van der Waals surface area contributed by atoms with Gasteiger partial charge in [0.25, 0.3) is 0 Å². The monoisotopic (exact) mass is 273 g/mol. The van der Waals surface area contributed by atoms with Crippen molar-refractivity contribution < 1.29 is 4.74 Å². The molecule has 6 heteroatoms. The second kappa shape index (κ2) is 7.42. The van der Waals surface area contributed by atoms with Gasteiger partial charge < -0.3 is 15.4 Å². The number of nitrogens with one attached hydrogen (secondary N) is 2. The van der Waals surface area contributed by atoms with E-state index >= 15 is 0 Å². The number of aromatic nitrogens is 1. The van der Waals surface area contributed by atoms with Gasteiger partial charge in [0.05, 0.1) is 5.02 Å². The van der Waals surface area contributed by atoms with Crippen LogP contribution in [-0.2, 0) is 4.74 Å². The van der Waals surface area contributed by atoms with E-state index in [1.807, 2.05) is 13.0 Å². The lowest BCUT2D eigenvalue weighted by Crippen LogP contribution is -2.30. The van der Waals surface area contributed by atoms with Crippen LogP contribution in [0.3, 0.4) is 0 Å². The normalized spacial score (nSPS) is 10.1. The van der Waals surface area contributed by atoms with Gasteiger partial charge in [-0.25, -0.2) is 4.98 Å². The van der Waals surface area contributed by atoms with Crippen molar-refractivity contribution in [2.45, 2.75) is 13.3 Å². The first-order valence-electron chi connectivity index (χ1n) is 5.29. The molecule has 1 heterocycles. The molecular weight excluding hydrogens is 258 g/mol. The topological polar surface area (TPSA) is 46.2 Å². The number of thiocarbonyl (C=S) groups is 1. The summed E-state index contributed by atoms with van der Waals surface area (Å²) in [5.41, 5.74) is 0.957. The molecule has 0 amide bonds. The highest BCUT2D eigenvalue weighted by molar-refractivity contribution is 7.80. The van der Waals surface area contributed by atoms with Crippen molar-refractivity contribution >= 4 is 34.7 Å². The number of hydrogen-bond donors (Lipinski definition) is 2. The van der Waals surface area contributed by atoms with Crippen molar-refractivity contribution in [1.29, 1.82) is 0 Å². The quantitative estimate of drug-likeness (QED) is 0.637. The number of nitrogens with zero attached hydrogens (tertiary/aromatic N) is 1. The average Bonchev–Trinajstić information content (AvgIpc) is 2.28. The molecule has 94 valence electrons. The van der Waals surface area contributed by atoms with E-state index in [1.165, 1.54) is 0 Å². The highest BCUT2D eigenvalue weighted by Gasteiger charge is 2.02. The summed E-state index contributed by atoms with van der Waals surface area (Å²) in [7, 11) is 1.68. The van der Waals surface area contributed by atoms with Crippen LogP contribution < -0.4 is 10.6 Å². The van der Waals surface area contributed by atoms with Crippen molar-refractivity contribution in [1.82, 2.24) is 10.3 Å². The Bertz CT molecular complexity index is 387. The first-order valence-corrected chi connectivity index (χ1v) is 6.08. The molecule has 2 N–H and O–H groups in total. The van der Waals surface area contributed by atoms with Crippen LogP contribution in [0, 0.1) is 6.92 Å². The Hall–Kier alpha value is -0.910. The number of methoxy groups -OCH3 is 1. The molecule has 0 unspecified atom stereocenters. The van der Waals surface area contributed by atoms with Crippen LogP contribution in [0.25, 0.3) is 0 Å². The van der Waals surface area contributed by atoms with Crippen LogP contribution in [0.4, 0.5) is 5.82 Å². The predicted molar refractivity (Wildman–Crippen MR) is 74.7 cm³/mol. The van der Waals surface area contributed by atoms with Gasteiger partial charge in [-0.05, 0) is 37.2 Å². The van der Waals surface area contributed by atoms with Gasteiger partial charge in [0.1, 0.15) is 5.82 Å². The Morgan fingerprint density at radius 3 is 3.00 bits per heavy atom. The van der Waals surface area contributed by atoms with Gasteiger partial charge in [-0.15, -0.1) is 0 Å². The van der Waals surface area contributed by atoms with Crippen LogP contribution in [0.15, 0.2) is 12.3 Å². The smallest absolute Gasteiger partial charge is 0.171 e.